The zero-order valence-corrected chi connectivity index (χ0v) is 15.6. The second kappa shape index (κ2) is 7.41. The zero-order valence-electron chi connectivity index (χ0n) is 14.0. The Balaban J connectivity index is 1.83. The van der Waals surface area contributed by atoms with Crippen LogP contribution in [0, 0.1) is 12.7 Å². The second-order valence-electron chi connectivity index (χ2n) is 5.67. The molecular weight excluding hydrogens is 393 g/mol. The number of benzene rings is 1. The number of primary amides is 1. The van der Waals surface area contributed by atoms with Gasteiger partial charge in [-0.2, -0.15) is 0 Å². The van der Waals surface area contributed by atoms with Crippen molar-refractivity contribution in [1.29, 1.82) is 0 Å². The molecule has 3 aromatic rings. The van der Waals surface area contributed by atoms with E-state index >= 15 is 0 Å². The molecule has 10 heteroatoms. The van der Waals surface area contributed by atoms with Gasteiger partial charge < -0.3 is 21.1 Å². The lowest BCUT2D eigenvalue weighted by molar-refractivity contribution is -0.113. The van der Waals surface area contributed by atoms with E-state index in [-0.39, 0.29) is 33.0 Å². The Kier molecular flexibility index (Phi) is 5.19. The molecule has 0 aliphatic carbocycles. The monoisotopic (exact) mass is 407 g/mol. The Morgan fingerprint density at radius 2 is 2.11 bits per heavy atom. The summed E-state index contributed by atoms with van der Waals surface area (Å²) >= 11 is 2.03. The number of nitrogens with two attached hydrogens (primary N) is 1. The van der Waals surface area contributed by atoms with Gasteiger partial charge in [0.05, 0.1) is 31.4 Å². The third-order valence-corrected chi connectivity index (χ3v) is 6.09. The van der Waals surface area contributed by atoms with Gasteiger partial charge in [-0.1, -0.05) is 6.07 Å². The molecule has 2 amide bonds. The minimum Gasteiger partial charge on any atom is -0.506 e. The van der Waals surface area contributed by atoms with Crippen molar-refractivity contribution < 1.29 is 19.1 Å². The lowest BCUT2D eigenvalue weighted by Gasteiger charge is -2.07. The van der Waals surface area contributed by atoms with Crippen LogP contribution >= 0.6 is 23.1 Å². The molecule has 2 heterocycles. The molecule has 27 heavy (non-hydrogen) atoms. The number of aromatic amines is 1. The molecular formula is C17H14FN3O4S2. The maximum Gasteiger partial charge on any atom is 0.252 e. The molecule has 0 atom stereocenters. The number of hydrogen-bond donors (Lipinski definition) is 4. The number of aryl methyl sites for hydroxylation is 1. The summed E-state index contributed by atoms with van der Waals surface area (Å²) in [6.07, 6.45) is 0. The summed E-state index contributed by atoms with van der Waals surface area (Å²) in [7, 11) is 0. The van der Waals surface area contributed by atoms with Crippen molar-refractivity contribution in [3.05, 3.63) is 51.6 Å². The van der Waals surface area contributed by atoms with Crippen molar-refractivity contribution in [3.8, 4) is 5.75 Å². The number of rotatable bonds is 5. The van der Waals surface area contributed by atoms with E-state index in [1.807, 2.05) is 0 Å². The average Bonchev–Trinajstić information content (AvgIpc) is 2.94. The highest BCUT2D eigenvalue weighted by Gasteiger charge is 2.21. The number of amides is 2. The Labute approximate surface area is 160 Å². The van der Waals surface area contributed by atoms with Gasteiger partial charge in [-0.05, 0) is 24.6 Å². The molecule has 140 valence electrons. The third-order valence-electron chi connectivity index (χ3n) is 3.60. The number of halogens is 1. The van der Waals surface area contributed by atoms with Crippen molar-refractivity contribution >= 4 is 50.8 Å². The van der Waals surface area contributed by atoms with Crippen molar-refractivity contribution in [1.82, 2.24) is 4.98 Å². The standard InChI is InChI=1S/C17H14FN3O4S2/c1-7-2-3-9(8(18)4-7)20-12(24)6-26-17-13(16(19)25)14-15(27-17)10(22)5-11(23)21-14/h2-5H,6H2,1H3,(H2,19,25)(H,20,24)(H2,21,22,23). The number of H-pyrrole nitrogens is 1. The van der Waals surface area contributed by atoms with Crippen molar-refractivity contribution in [2.45, 2.75) is 11.1 Å². The van der Waals surface area contributed by atoms with Gasteiger partial charge in [0, 0.05) is 6.07 Å². The number of anilines is 1. The fourth-order valence-corrected chi connectivity index (χ4v) is 4.68. The van der Waals surface area contributed by atoms with Crippen molar-refractivity contribution in [2.75, 3.05) is 11.1 Å². The first-order valence-electron chi connectivity index (χ1n) is 7.63. The van der Waals surface area contributed by atoms with E-state index in [0.29, 0.717) is 4.21 Å². The van der Waals surface area contributed by atoms with Gasteiger partial charge in [-0.15, -0.1) is 23.1 Å². The molecule has 3 rings (SSSR count). The minimum absolute atomic E-state index is 0.0299. The normalized spacial score (nSPS) is 10.9. The molecule has 7 nitrogen and oxygen atoms in total. The molecule has 0 bridgehead atoms. The topological polar surface area (TPSA) is 125 Å². The number of pyridine rings is 1. The summed E-state index contributed by atoms with van der Waals surface area (Å²) in [5.41, 5.74) is 5.75. The van der Waals surface area contributed by atoms with E-state index < -0.39 is 23.2 Å². The highest BCUT2D eigenvalue weighted by atomic mass is 32.2. The molecule has 0 aliphatic rings. The molecule has 0 saturated carbocycles. The van der Waals surface area contributed by atoms with Gasteiger partial charge in [-0.3, -0.25) is 14.4 Å². The van der Waals surface area contributed by atoms with Crippen LogP contribution in [0.25, 0.3) is 10.2 Å². The lowest BCUT2D eigenvalue weighted by Crippen LogP contribution is -2.16. The molecule has 0 radical (unpaired) electrons. The Bertz CT molecular complexity index is 1120. The number of hydrogen-bond acceptors (Lipinski definition) is 6. The number of aromatic nitrogens is 1. The van der Waals surface area contributed by atoms with Crippen molar-refractivity contribution in [3.63, 3.8) is 0 Å². The zero-order chi connectivity index (χ0) is 19.7. The van der Waals surface area contributed by atoms with Gasteiger partial charge in [0.15, 0.2) is 0 Å². The van der Waals surface area contributed by atoms with Gasteiger partial charge >= 0.3 is 0 Å². The highest BCUT2D eigenvalue weighted by molar-refractivity contribution is 8.02. The van der Waals surface area contributed by atoms with E-state index in [1.165, 1.54) is 12.1 Å². The molecule has 1 aromatic carbocycles. The third kappa shape index (κ3) is 3.96. The van der Waals surface area contributed by atoms with Crippen LogP contribution in [0.2, 0.25) is 0 Å². The van der Waals surface area contributed by atoms with Gasteiger partial charge in [-0.25, -0.2) is 4.39 Å². The molecule has 2 aromatic heterocycles. The van der Waals surface area contributed by atoms with E-state index in [1.54, 1.807) is 13.0 Å². The van der Waals surface area contributed by atoms with Gasteiger partial charge in [0.1, 0.15) is 11.6 Å². The molecule has 5 N–H and O–H groups in total. The summed E-state index contributed by atoms with van der Waals surface area (Å²) in [5.74, 6) is -2.22. The van der Waals surface area contributed by atoms with Crippen LogP contribution in [-0.2, 0) is 4.79 Å². The second-order valence-corrected chi connectivity index (χ2v) is 7.94. The molecule has 0 unspecified atom stereocenters. The number of aromatic hydroxyl groups is 1. The van der Waals surface area contributed by atoms with Crippen LogP contribution in [-0.4, -0.2) is 27.7 Å². The van der Waals surface area contributed by atoms with Crippen LogP contribution in [0.15, 0.2) is 33.3 Å². The smallest absolute Gasteiger partial charge is 0.252 e. The molecule has 0 saturated heterocycles. The van der Waals surface area contributed by atoms with Gasteiger partial charge in [0.25, 0.3) is 11.5 Å². The Hall–Kier alpha value is -2.85. The van der Waals surface area contributed by atoms with Crippen LogP contribution in [0.3, 0.4) is 0 Å². The highest BCUT2D eigenvalue weighted by Crippen LogP contribution is 2.40. The fraction of sp³-hybridized carbons (Fsp3) is 0.118. The van der Waals surface area contributed by atoms with E-state index in [4.69, 9.17) is 5.73 Å². The average molecular weight is 407 g/mol. The summed E-state index contributed by atoms with van der Waals surface area (Å²) in [6.45, 7) is 1.73. The number of carbonyl (C=O) groups is 2. The SMILES string of the molecule is Cc1ccc(NC(=O)CSc2sc3c(O)cc(=O)[nH]c3c2C(N)=O)c(F)c1. The fourth-order valence-electron chi connectivity index (χ4n) is 2.42. The summed E-state index contributed by atoms with van der Waals surface area (Å²) in [6, 6.07) is 5.43. The maximum absolute atomic E-state index is 13.8. The molecule has 0 aliphatic heterocycles. The summed E-state index contributed by atoms with van der Waals surface area (Å²) < 4.78 is 14.5. The number of nitrogens with one attached hydrogen (secondary N) is 2. The number of thiophene rings is 1. The molecule has 0 fully saturated rings. The quantitative estimate of drug-likeness (QED) is 0.484. The molecule has 0 spiro atoms. The van der Waals surface area contributed by atoms with Crippen LogP contribution in [0.5, 0.6) is 5.75 Å². The number of carbonyl (C=O) groups excluding carboxylic acids is 2. The maximum atomic E-state index is 13.8. The predicted octanol–water partition coefficient (Wildman–Crippen LogP) is 2.57. The largest absolute Gasteiger partial charge is 0.506 e. The van der Waals surface area contributed by atoms with Crippen LogP contribution < -0.4 is 16.6 Å². The Morgan fingerprint density at radius 1 is 1.37 bits per heavy atom. The van der Waals surface area contributed by atoms with E-state index in [0.717, 1.165) is 34.7 Å². The van der Waals surface area contributed by atoms with Gasteiger partial charge in [0.2, 0.25) is 5.91 Å². The Morgan fingerprint density at radius 3 is 2.78 bits per heavy atom. The van der Waals surface area contributed by atoms with Crippen molar-refractivity contribution in [2.24, 2.45) is 5.73 Å². The first kappa shape index (κ1) is 18.9. The number of thioether (sulfide) groups is 1. The lowest BCUT2D eigenvalue weighted by atomic mass is 10.2. The minimum atomic E-state index is -0.796. The van der Waals surface area contributed by atoms with Crippen LogP contribution in [0.1, 0.15) is 15.9 Å². The predicted molar refractivity (Wildman–Crippen MR) is 103 cm³/mol. The first-order valence-corrected chi connectivity index (χ1v) is 9.44. The summed E-state index contributed by atoms with van der Waals surface area (Å²) in [4.78, 5) is 37.9. The van der Waals surface area contributed by atoms with E-state index in [9.17, 15) is 23.9 Å². The van der Waals surface area contributed by atoms with E-state index in [2.05, 4.69) is 10.3 Å². The van der Waals surface area contributed by atoms with Crippen LogP contribution in [0.4, 0.5) is 10.1 Å². The first-order chi connectivity index (χ1) is 12.8. The summed E-state index contributed by atoms with van der Waals surface area (Å²) in [5, 5.41) is 12.4. The number of fused-ring (bicyclic) bond motifs is 1.